The molecule has 0 saturated carbocycles. The monoisotopic (exact) mass is 318 g/mol. The summed E-state index contributed by atoms with van der Waals surface area (Å²) in [5, 5.41) is 0.511. The van der Waals surface area contributed by atoms with Crippen molar-refractivity contribution >= 4 is 40.9 Å². The van der Waals surface area contributed by atoms with Crippen LogP contribution in [0.1, 0.15) is 20.7 Å². The SMILES string of the molecule is Nc1cccc(Cl)c1SCN1C(=O)c2ccccc2C1=O. The topological polar surface area (TPSA) is 63.4 Å². The molecule has 0 fully saturated rings. The Kier molecular flexibility index (Phi) is 3.61. The normalized spacial score (nSPS) is 13.7. The third kappa shape index (κ3) is 2.39. The number of hydrogen-bond donors (Lipinski definition) is 1. The molecule has 0 aromatic heterocycles. The van der Waals surface area contributed by atoms with E-state index < -0.39 is 0 Å². The number of anilines is 1. The summed E-state index contributed by atoms with van der Waals surface area (Å²) in [5.74, 6) is -0.386. The van der Waals surface area contributed by atoms with Crippen molar-refractivity contribution in [1.82, 2.24) is 4.90 Å². The van der Waals surface area contributed by atoms with Crippen LogP contribution in [-0.2, 0) is 0 Å². The van der Waals surface area contributed by atoms with Crippen LogP contribution in [0.25, 0.3) is 0 Å². The molecule has 2 N–H and O–H groups in total. The third-order valence-corrected chi connectivity index (χ3v) is 4.77. The predicted molar refractivity (Wildman–Crippen MR) is 83.5 cm³/mol. The lowest BCUT2D eigenvalue weighted by molar-refractivity contribution is 0.0684. The van der Waals surface area contributed by atoms with Gasteiger partial charge in [-0.1, -0.05) is 29.8 Å². The van der Waals surface area contributed by atoms with E-state index >= 15 is 0 Å². The lowest BCUT2D eigenvalue weighted by atomic mass is 10.1. The van der Waals surface area contributed by atoms with Crippen molar-refractivity contribution in [2.24, 2.45) is 0 Å². The number of imide groups is 1. The van der Waals surface area contributed by atoms with Gasteiger partial charge in [0.1, 0.15) is 0 Å². The summed E-state index contributed by atoms with van der Waals surface area (Å²) in [6, 6.07) is 12.0. The van der Waals surface area contributed by atoms with Gasteiger partial charge in [-0.2, -0.15) is 0 Å². The molecule has 4 nitrogen and oxygen atoms in total. The quantitative estimate of drug-likeness (QED) is 0.536. The molecule has 0 spiro atoms. The van der Waals surface area contributed by atoms with E-state index in [0.29, 0.717) is 26.7 Å². The molecular formula is C15H11ClN2O2S. The molecule has 6 heteroatoms. The van der Waals surface area contributed by atoms with E-state index in [9.17, 15) is 9.59 Å². The van der Waals surface area contributed by atoms with E-state index in [0.717, 1.165) is 0 Å². The third-order valence-electron chi connectivity index (χ3n) is 3.21. The van der Waals surface area contributed by atoms with Crippen molar-refractivity contribution in [2.45, 2.75) is 4.90 Å². The van der Waals surface area contributed by atoms with Gasteiger partial charge in [0.2, 0.25) is 0 Å². The van der Waals surface area contributed by atoms with Crippen molar-refractivity contribution in [2.75, 3.05) is 11.6 Å². The molecule has 2 aromatic carbocycles. The Labute approximate surface area is 130 Å². The molecule has 3 rings (SSSR count). The number of nitrogen functional groups attached to an aromatic ring is 1. The van der Waals surface area contributed by atoms with Crippen LogP contribution in [0.4, 0.5) is 5.69 Å². The Balaban J connectivity index is 1.82. The highest BCUT2D eigenvalue weighted by atomic mass is 35.5. The zero-order valence-electron chi connectivity index (χ0n) is 10.9. The van der Waals surface area contributed by atoms with Crippen molar-refractivity contribution < 1.29 is 9.59 Å². The van der Waals surface area contributed by atoms with Gasteiger partial charge < -0.3 is 5.73 Å². The first kappa shape index (κ1) is 14.0. The van der Waals surface area contributed by atoms with E-state index in [1.807, 2.05) is 0 Å². The van der Waals surface area contributed by atoms with Gasteiger partial charge in [-0.25, -0.2) is 0 Å². The number of rotatable bonds is 3. The van der Waals surface area contributed by atoms with E-state index in [1.165, 1.54) is 16.7 Å². The molecule has 2 amide bonds. The molecular weight excluding hydrogens is 308 g/mol. The second-order valence-electron chi connectivity index (χ2n) is 4.52. The van der Waals surface area contributed by atoms with Gasteiger partial charge in [0.15, 0.2) is 0 Å². The van der Waals surface area contributed by atoms with Crippen LogP contribution in [0.5, 0.6) is 0 Å². The van der Waals surface area contributed by atoms with E-state index in [1.54, 1.807) is 42.5 Å². The lowest BCUT2D eigenvalue weighted by Gasteiger charge is -2.14. The zero-order chi connectivity index (χ0) is 15.0. The number of nitrogens with two attached hydrogens (primary N) is 1. The summed E-state index contributed by atoms with van der Waals surface area (Å²) in [4.78, 5) is 26.3. The van der Waals surface area contributed by atoms with E-state index in [2.05, 4.69) is 0 Å². The molecule has 0 aliphatic carbocycles. The van der Waals surface area contributed by atoms with Gasteiger partial charge in [-0.15, -0.1) is 11.8 Å². The maximum Gasteiger partial charge on any atom is 0.262 e. The number of amides is 2. The van der Waals surface area contributed by atoms with Gasteiger partial charge in [-0.05, 0) is 24.3 Å². The summed E-state index contributed by atoms with van der Waals surface area (Å²) in [5.41, 5.74) is 7.28. The fourth-order valence-electron chi connectivity index (χ4n) is 2.16. The Morgan fingerprint density at radius 2 is 1.62 bits per heavy atom. The first-order valence-electron chi connectivity index (χ1n) is 6.21. The average Bonchev–Trinajstić information content (AvgIpc) is 2.72. The van der Waals surface area contributed by atoms with Crippen LogP contribution in [-0.4, -0.2) is 22.6 Å². The number of nitrogens with zero attached hydrogens (tertiary/aromatic N) is 1. The van der Waals surface area contributed by atoms with Crippen molar-refractivity contribution in [1.29, 1.82) is 0 Å². The summed E-state index contributed by atoms with van der Waals surface area (Å²) in [6.07, 6.45) is 0. The molecule has 0 unspecified atom stereocenters. The van der Waals surface area contributed by atoms with Crippen LogP contribution in [0.15, 0.2) is 47.4 Å². The van der Waals surface area contributed by atoms with E-state index in [-0.39, 0.29) is 17.7 Å². The van der Waals surface area contributed by atoms with Gasteiger partial charge in [0, 0.05) is 5.69 Å². The molecule has 0 saturated heterocycles. The van der Waals surface area contributed by atoms with Crippen LogP contribution in [0, 0.1) is 0 Å². The number of halogens is 1. The molecule has 21 heavy (non-hydrogen) atoms. The number of hydrogen-bond acceptors (Lipinski definition) is 4. The van der Waals surface area contributed by atoms with Crippen molar-refractivity contribution in [3.63, 3.8) is 0 Å². The second-order valence-corrected chi connectivity index (χ2v) is 5.88. The fourth-order valence-corrected chi connectivity index (χ4v) is 3.44. The average molecular weight is 319 g/mol. The summed E-state index contributed by atoms with van der Waals surface area (Å²) >= 11 is 7.36. The molecule has 1 aliphatic rings. The summed E-state index contributed by atoms with van der Waals surface area (Å²) < 4.78 is 0. The fraction of sp³-hybridized carbons (Fsp3) is 0.0667. The lowest BCUT2D eigenvalue weighted by Crippen LogP contribution is -2.29. The minimum Gasteiger partial charge on any atom is -0.398 e. The number of carbonyl (C=O) groups excluding carboxylic acids is 2. The van der Waals surface area contributed by atoms with Crippen molar-refractivity contribution in [3.8, 4) is 0 Å². The zero-order valence-corrected chi connectivity index (χ0v) is 12.4. The smallest absolute Gasteiger partial charge is 0.262 e. The van der Waals surface area contributed by atoms with Crippen LogP contribution >= 0.6 is 23.4 Å². The maximum atomic E-state index is 12.2. The molecule has 2 aromatic rings. The second kappa shape index (κ2) is 5.42. The predicted octanol–water partition coefficient (Wildman–Crippen LogP) is 3.27. The van der Waals surface area contributed by atoms with Crippen LogP contribution < -0.4 is 5.73 Å². The molecule has 106 valence electrons. The highest BCUT2D eigenvalue weighted by Gasteiger charge is 2.35. The molecule has 1 aliphatic heterocycles. The molecule has 1 heterocycles. The van der Waals surface area contributed by atoms with Crippen LogP contribution in [0.2, 0.25) is 5.02 Å². The minimum atomic E-state index is -0.284. The summed E-state index contributed by atoms with van der Waals surface area (Å²) in [7, 11) is 0. The summed E-state index contributed by atoms with van der Waals surface area (Å²) in [6.45, 7) is 0. The molecule has 0 bridgehead atoms. The number of benzene rings is 2. The van der Waals surface area contributed by atoms with E-state index in [4.69, 9.17) is 17.3 Å². The first-order chi connectivity index (χ1) is 10.1. The Morgan fingerprint density at radius 1 is 1.00 bits per heavy atom. The first-order valence-corrected chi connectivity index (χ1v) is 7.58. The van der Waals surface area contributed by atoms with Gasteiger partial charge in [-0.3, -0.25) is 14.5 Å². The van der Waals surface area contributed by atoms with Gasteiger partial charge in [0.05, 0.1) is 26.9 Å². The number of thioether (sulfide) groups is 1. The highest BCUT2D eigenvalue weighted by molar-refractivity contribution is 7.99. The number of fused-ring (bicyclic) bond motifs is 1. The standard InChI is InChI=1S/C15H11ClN2O2S/c16-11-6-3-7-12(17)13(11)21-8-18-14(19)9-4-1-2-5-10(9)15(18)20/h1-7H,8,17H2. The maximum absolute atomic E-state index is 12.2. The Bertz CT molecular complexity index is 693. The molecule has 0 radical (unpaired) electrons. The largest absolute Gasteiger partial charge is 0.398 e. The molecule has 0 atom stereocenters. The minimum absolute atomic E-state index is 0.181. The van der Waals surface area contributed by atoms with Crippen molar-refractivity contribution in [3.05, 3.63) is 58.6 Å². The number of carbonyl (C=O) groups is 2. The Hall–Kier alpha value is -1.98. The highest BCUT2D eigenvalue weighted by Crippen LogP contribution is 2.34. The van der Waals surface area contributed by atoms with Crippen LogP contribution in [0.3, 0.4) is 0 Å². The Morgan fingerprint density at radius 3 is 2.19 bits per heavy atom. The van der Waals surface area contributed by atoms with Gasteiger partial charge in [0.25, 0.3) is 11.8 Å². The van der Waals surface area contributed by atoms with Gasteiger partial charge >= 0.3 is 0 Å².